The van der Waals surface area contributed by atoms with Crippen LogP contribution in [0.25, 0.3) is 0 Å². The third kappa shape index (κ3) is 2.56. The maximum Gasteiger partial charge on any atom is 0.416 e. The minimum Gasteiger partial charge on any atom is -0.399 e. The van der Waals surface area contributed by atoms with E-state index in [1.165, 1.54) is 11.0 Å². The summed E-state index contributed by atoms with van der Waals surface area (Å²) in [5.74, 6) is -0.375. The van der Waals surface area contributed by atoms with Crippen molar-refractivity contribution in [2.45, 2.75) is 6.18 Å². The molecule has 1 saturated heterocycles. The summed E-state index contributed by atoms with van der Waals surface area (Å²) in [6.45, 7) is 0.387. The van der Waals surface area contributed by atoms with E-state index >= 15 is 0 Å². The number of nitrogens with zero attached hydrogens (tertiary/aromatic N) is 1. The Bertz CT molecular complexity index is 474. The molecule has 2 rings (SSSR count). The van der Waals surface area contributed by atoms with Crippen molar-refractivity contribution >= 4 is 17.3 Å². The fourth-order valence-corrected chi connectivity index (χ4v) is 1.75. The number of rotatable bonds is 1. The van der Waals surface area contributed by atoms with Crippen LogP contribution in [0, 0.1) is 0 Å². The van der Waals surface area contributed by atoms with Crippen molar-refractivity contribution in [3.05, 3.63) is 23.8 Å². The number of anilines is 2. The zero-order valence-electron chi connectivity index (χ0n) is 9.33. The predicted octanol–water partition coefficient (Wildman–Crippen LogP) is 1.65. The van der Waals surface area contributed by atoms with Gasteiger partial charge in [0.05, 0.1) is 12.2 Å². The summed E-state index contributed by atoms with van der Waals surface area (Å²) in [6, 6.07) is 3.10. The van der Waals surface area contributed by atoms with Crippen LogP contribution in [-0.2, 0) is 15.7 Å². The molecule has 1 aliphatic rings. The van der Waals surface area contributed by atoms with Crippen LogP contribution in [0.5, 0.6) is 0 Å². The highest BCUT2D eigenvalue weighted by Crippen LogP contribution is 2.33. The lowest BCUT2D eigenvalue weighted by atomic mass is 10.1. The maximum atomic E-state index is 12.6. The topological polar surface area (TPSA) is 55.6 Å². The largest absolute Gasteiger partial charge is 0.416 e. The van der Waals surface area contributed by atoms with Gasteiger partial charge >= 0.3 is 6.18 Å². The molecule has 1 aromatic rings. The van der Waals surface area contributed by atoms with Gasteiger partial charge in [0.15, 0.2) is 0 Å². The highest BCUT2D eigenvalue weighted by atomic mass is 19.4. The Labute approximate surface area is 101 Å². The number of nitrogen functional groups attached to an aromatic ring is 1. The number of alkyl halides is 3. The lowest BCUT2D eigenvalue weighted by Crippen LogP contribution is -2.41. The first-order valence-electron chi connectivity index (χ1n) is 5.24. The maximum absolute atomic E-state index is 12.6. The molecule has 2 N–H and O–H groups in total. The van der Waals surface area contributed by atoms with Crippen molar-refractivity contribution < 1.29 is 22.7 Å². The van der Waals surface area contributed by atoms with E-state index in [9.17, 15) is 18.0 Å². The first-order chi connectivity index (χ1) is 8.38. The van der Waals surface area contributed by atoms with Crippen LogP contribution in [0.2, 0.25) is 0 Å². The van der Waals surface area contributed by atoms with Gasteiger partial charge in [0.1, 0.15) is 6.61 Å². The van der Waals surface area contributed by atoms with E-state index in [4.69, 9.17) is 10.5 Å². The summed E-state index contributed by atoms with van der Waals surface area (Å²) < 4.78 is 42.8. The Balaban J connectivity index is 2.38. The van der Waals surface area contributed by atoms with Crippen LogP contribution in [-0.4, -0.2) is 25.7 Å². The van der Waals surface area contributed by atoms with Crippen LogP contribution >= 0.6 is 0 Å². The van der Waals surface area contributed by atoms with Crippen molar-refractivity contribution in [3.63, 3.8) is 0 Å². The number of amides is 1. The average molecular weight is 260 g/mol. The van der Waals surface area contributed by atoms with Crippen LogP contribution < -0.4 is 10.6 Å². The highest BCUT2D eigenvalue weighted by Gasteiger charge is 2.32. The molecule has 1 heterocycles. The molecule has 1 amide bonds. The SMILES string of the molecule is Nc1cc(N2CCOCC2=O)cc(C(F)(F)F)c1. The number of nitrogens with two attached hydrogens (primary N) is 1. The molecule has 0 saturated carbocycles. The molecular weight excluding hydrogens is 249 g/mol. The molecule has 0 unspecified atom stereocenters. The van der Waals surface area contributed by atoms with Gasteiger partial charge in [-0.25, -0.2) is 0 Å². The van der Waals surface area contributed by atoms with Crippen molar-refractivity contribution in [1.29, 1.82) is 0 Å². The monoisotopic (exact) mass is 260 g/mol. The van der Waals surface area contributed by atoms with Crippen molar-refractivity contribution in [3.8, 4) is 0 Å². The number of carbonyl (C=O) groups excluding carboxylic acids is 1. The molecule has 0 bridgehead atoms. The van der Waals surface area contributed by atoms with E-state index in [0.717, 1.165) is 12.1 Å². The molecule has 0 aliphatic carbocycles. The van der Waals surface area contributed by atoms with E-state index in [1.807, 2.05) is 0 Å². The van der Waals surface area contributed by atoms with Crippen LogP contribution in [0.3, 0.4) is 0 Å². The van der Waals surface area contributed by atoms with Gasteiger partial charge in [-0.2, -0.15) is 13.2 Å². The number of hydrogen-bond acceptors (Lipinski definition) is 3. The van der Waals surface area contributed by atoms with Crippen molar-refractivity contribution in [2.24, 2.45) is 0 Å². The van der Waals surface area contributed by atoms with Gasteiger partial charge in [0.2, 0.25) is 0 Å². The number of halogens is 3. The molecule has 0 aromatic heterocycles. The Morgan fingerprint density at radius 2 is 2.00 bits per heavy atom. The average Bonchev–Trinajstić information content (AvgIpc) is 2.27. The smallest absolute Gasteiger partial charge is 0.399 e. The van der Waals surface area contributed by atoms with Gasteiger partial charge in [-0.3, -0.25) is 4.79 Å². The quantitative estimate of drug-likeness (QED) is 0.781. The Kier molecular flexibility index (Phi) is 3.16. The zero-order chi connectivity index (χ0) is 13.3. The molecule has 4 nitrogen and oxygen atoms in total. The molecule has 0 radical (unpaired) electrons. The molecule has 7 heteroatoms. The molecule has 18 heavy (non-hydrogen) atoms. The second-order valence-corrected chi connectivity index (χ2v) is 3.91. The first kappa shape index (κ1) is 12.7. The Hall–Kier alpha value is -1.76. The fourth-order valence-electron chi connectivity index (χ4n) is 1.75. The van der Waals surface area contributed by atoms with Crippen molar-refractivity contribution in [2.75, 3.05) is 30.4 Å². The Morgan fingerprint density at radius 1 is 1.28 bits per heavy atom. The molecule has 98 valence electrons. The number of morpholine rings is 1. The number of benzene rings is 1. The molecule has 0 atom stereocenters. The van der Waals surface area contributed by atoms with E-state index < -0.39 is 11.7 Å². The molecule has 1 fully saturated rings. The second-order valence-electron chi connectivity index (χ2n) is 3.91. The van der Waals surface area contributed by atoms with Gasteiger partial charge in [-0.15, -0.1) is 0 Å². The lowest BCUT2D eigenvalue weighted by Gasteiger charge is -2.27. The summed E-state index contributed by atoms with van der Waals surface area (Å²) >= 11 is 0. The molecular formula is C11H11F3N2O2. The van der Waals surface area contributed by atoms with E-state index in [2.05, 4.69) is 0 Å². The van der Waals surface area contributed by atoms with E-state index in [0.29, 0.717) is 6.61 Å². The minimum absolute atomic E-state index is 0.0286. The van der Waals surface area contributed by atoms with Crippen molar-refractivity contribution in [1.82, 2.24) is 0 Å². The normalized spacial score (nSPS) is 17.1. The molecule has 1 aliphatic heterocycles. The lowest BCUT2D eigenvalue weighted by molar-refractivity contribution is -0.137. The summed E-state index contributed by atoms with van der Waals surface area (Å²) in [7, 11) is 0. The van der Waals surface area contributed by atoms with Crippen LogP contribution in [0.4, 0.5) is 24.5 Å². The van der Waals surface area contributed by atoms with Gasteiger partial charge in [-0.05, 0) is 18.2 Å². The van der Waals surface area contributed by atoms with E-state index in [1.54, 1.807) is 0 Å². The van der Waals surface area contributed by atoms with Gasteiger partial charge in [0, 0.05) is 17.9 Å². The number of ether oxygens (including phenoxy) is 1. The summed E-state index contributed by atoms with van der Waals surface area (Å²) in [5, 5.41) is 0. The number of hydrogen-bond donors (Lipinski definition) is 1. The summed E-state index contributed by atoms with van der Waals surface area (Å²) in [4.78, 5) is 12.8. The highest BCUT2D eigenvalue weighted by molar-refractivity contribution is 5.95. The molecule has 1 aromatic carbocycles. The standard InChI is InChI=1S/C11H11F3N2O2/c12-11(13,14)7-3-8(15)5-9(4-7)16-1-2-18-6-10(16)17/h3-5H,1-2,6,15H2. The summed E-state index contributed by atoms with van der Waals surface area (Å²) in [5.41, 5.74) is 4.70. The van der Waals surface area contributed by atoms with Gasteiger partial charge < -0.3 is 15.4 Å². The van der Waals surface area contributed by atoms with E-state index in [-0.39, 0.29) is 30.4 Å². The van der Waals surface area contributed by atoms with Gasteiger partial charge in [-0.1, -0.05) is 0 Å². The predicted molar refractivity (Wildman–Crippen MR) is 59.0 cm³/mol. The third-order valence-electron chi connectivity index (χ3n) is 2.56. The Morgan fingerprint density at radius 3 is 2.61 bits per heavy atom. The van der Waals surface area contributed by atoms with Crippen LogP contribution in [0.1, 0.15) is 5.56 Å². The number of carbonyl (C=O) groups is 1. The zero-order valence-corrected chi connectivity index (χ0v) is 9.33. The third-order valence-corrected chi connectivity index (χ3v) is 2.56. The van der Waals surface area contributed by atoms with Crippen LogP contribution in [0.15, 0.2) is 18.2 Å². The molecule has 0 spiro atoms. The first-order valence-corrected chi connectivity index (χ1v) is 5.24. The fraction of sp³-hybridized carbons (Fsp3) is 0.364. The summed E-state index contributed by atoms with van der Waals surface area (Å²) in [6.07, 6.45) is -4.49. The second kappa shape index (κ2) is 4.49. The van der Waals surface area contributed by atoms with Gasteiger partial charge in [0.25, 0.3) is 5.91 Å². The minimum atomic E-state index is -4.49.